The molecule has 2 aliphatic rings. The first-order chi connectivity index (χ1) is 18.7. The van der Waals surface area contributed by atoms with Crippen LogP contribution in [0.5, 0.6) is 0 Å². The van der Waals surface area contributed by atoms with E-state index in [-0.39, 0.29) is 23.5 Å². The number of aryl methyl sites for hydroxylation is 2. The van der Waals surface area contributed by atoms with E-state index >= 15 is 0 Å². The van der Waals surface area contributed by atoms with E-state index in [4.69, 9.17) is 11.6 Å². The topological polar surface area (TPSA) is 53.5 Å². The highest BCUT2D eigenvalue weighted by Gasteiger charge is 2.31. The second-order valence-corrected chi connectivity index (χ2v) is 12.0. The lowest BCUT2D eigenvalue weighted by molar-refractivity contribution is -0.134. The van der Waals surface area contributed by atoms with Crippen molar-refractivity contribution in [3.05, 3.63) is 63.7 Å². The van der Waals surface area contributed by atoms with Crippen molar-refractivity contribution in [2.45, 2.75) is 97.1 Å². The summed E-state index contributed by atoms with van der Waals surface area (Å²) in [7, 11) is 0. The van der Waals surface area contributed by atoms with Crippen LogP contribution in [-0.4, -0.2) is 58.2 Å². The summed E-state index contributed by atoms with van der Waals surface area (Å²) in [6.45, 7) is 8.79. The number of hydrogen-bond acceptors (Lipinski definition) is 4. The molecule has 2 aromatic rings. The quantitative estimate of drug-likeness (QED) is 0.222. The van der Waals surface area contributed by atoms with Crippen LogP contribution in [0, 0.1) is 25.6 Å². The molecule has 1 aliphatic carbocycles. The number of halogens is 2. The standard InChI is InChI=1S/C32H43ClFN3O2/c1-22-19-30(33)35-24(3)32(22)29(38)10-6-7-23(2)36-17-15-28(16-18-36)37(21-26-8-4-5-9-26)31(39)20-25-11-13-27(34)14-12-25/h11-14,19,23,26,28H,4-10,15-18,20-21H2,1-3H3/t23-/m1/s1. The molecule has 2 fully saturated rings. The Labute approximate surface area is 238 Å². The zero-order chi connectivity index (χ0) is 27.9. The van der Waals surface area contributed by atoms with Crippen molar-refractivity contribution in [3.63, 3.8) is 0 Å². The number of pyridine rings is 1. The molecular formula is C32H43ClFN3O2. The van der Waals surface area contributed by atoms with Gasteiger partial charge in [-0.05, 0) is 94.5 Å². The average Bonchev–Trinajstić information content (AvgIpc) is 3.41. The lowest BCUT2D eigenvalue weighted by Gasteiger charge is -2.41. The molecule has 1 saturated carbocycles. The summed E-state index contributed by atoms with van der Waals surface area (Å²) in [5.74, 6) is 0.634. The van der Waals surface area contributed by atoms with Crippen LogP contribution >= 0.6 is 11.6 Å². The molecule has 0 spiro atoms. The van der Waals surface area contributed by atoms with Gasteiger partial charge in [-0.2, -0.15) is 0 Å². The summed E-state index contributed by atoms with van der Waals surface area (Å²) in [6.07, 6.45) is 9.53. The van der Waals surface area contributed by atoms with Crippen LogP contribution in [0.2, 0.25) is 5.15 Å². The molecule has 1 saturated heterocycles. The first-order valence-electron chi connectivity index (χ1n) is 14.7. The van der Waals surface area contributed by atoms with Crippen LogP contribution in [0.3, 0.4) is 0 Å². The van der Waals surface area contributed by atoms with E-state index < -0.39 is 0 Å². The molecule has 0 unspecified atom stereocenters. The Morgan fingerprint density at radius 2 is 1.77 bits per heavy atom. The van der Waals surface area contributed by atoms with E-state index in [0.29, 0.717) is 41.2 Å². The number of piperidine rings is 1. The maximum Gasteiger partial charge on any atom is 0.227 e. The van der Waals surface area contributed by atoms with Crippen molar-refractivity contribution in [3.8, 4) is 0 Å². The van der Waals surface area contributed by atoms with Crippen LogP contribution < -0.4 is 0 Å². The number of nitrogens with zero attached hydrogens (tertiary/aromatic N) is 3. The number of amides is 1. The molecule has 0 radical (unpaired) electrons. The van der Waals surface area contributed by atoms with Gasteiger partial charge in [0.25, 0.3) is 0 Å². The number of benzene rings is 1. The lowest BCUT2D eigenvalue weighted by atomic mass is 9.96. The molecule has 7 heteroatoms. The number of ketones is 1. The fourth-order valence-electron chi connectivity index (χ4n) is 6.51. The monoisotopic (exact) mass is 555 g/mol. The van der Waals surface area contributed by atoms with Crippen LogP contribution in [-0.2, 0) is 11.2 Å². The highest BCUT2D eigenvalue weighted by atomic mass is 35.5. The molecule has 39 heavy (non-hydrogen) atoms. The van der Waals surface area contributed by atoms with Crippen LogP contribution in [0.15, 0.2) is 30.3 Å². The Hall–Kier alpha value is -2.31. The predicted octanol–water partition coefficient (Wildman–Crippen LogP) is 6.96. The normalized spacial score (nSPS) is 17.9. The lowest BCUT2D eigenvalue weighted by Crippen LogP contribution is -2.50. The van der Waals surface area contributed by atoms with Gasteiger partial charge >= 0.3 is 0 Å². The molecule has 1 atom stereocenters. The number of Topliss-reactive ketones (excluding diaryl/α,β-unsaturated/α-hetero) is 1. The average molecular weight is 556 g/mol. The number of carbonyl (C=O) groups excluding carboxylic acids is 2. The minimum atomic E-state index is -0.271. The molecule has 5 nitrogen and oxygen atoms in total. The number of hydrogen-bond donors (Lipinski definition) is 0. The smallest absolute Gasteiger partial charge is 0.227 e. The van der Waals surface area contributed by atoms with Crippen molar-refractivity contribution in [1.29, 1.82) is 0 Å². The Morgan fingerprint density at radius 3 is 2.41 bits per heavy atom. The van der Waals surface area contributed by atoms with Crippen molar-refractivity contribution in [2.24, 2.45) is 5.92 Å². The number of likely N-dealkylation sites (tertiary alicyclic amines) is 1. The zero-order valence-electron chi connectivity index (χ0n) is 23.7. The highest BCUT2D eigenvalue weighted by molar-refractivity contribution is 6.29. The van der Waals surface area contributed by atoms with E-state index in [0.717, 1.165) is 56.4 Å². The van der Waals surface area contributed by atoms with Crippen molar-refractivity contribution in [1.82, 2.24) is 14.8 Å². The van der Waals surface area contributed by atoms with Crippen LogP contribution in [0.25, 0.3) is 0 Å². The van der Waals surface area contributed by atoms with Gasteiger partial charge in [-0.25, -0.2) is 9.37 Å². The Bertz CT molecular complexity index is 1100. The third kappa shape index (κ3) is 8.11. The summed E-state index contributed by atoms with van der Waals surface area (Å²) in [6, 6.07) is 8.73. The minimum Gasteiger partial charge on any atom is -0.339 e. The number of carbonyl (C=O) groups is 2. The Morgan fingerprint density at radius 1 is 1.10 bits per heavy atom. The zero-order valence-corrected chi connectivity index (χ0v) is 24.5. The van der Waals surface area contributed by atoms with Gasteiger partial charge in [0.15, 0.2) is 5.78 Å². The minimum absolute atomic E-state index is 0.141. The van der Waals surface area contributed by atoms with Gasteiger partial charge in [0.1, 0.15) is 11.0 Å². The third-order valence-electron chi connectivity index (χ3n) is 8.75. The summed E-state index contributed by atoms with van der Waals surface area (Å²) in [4.78, 5) is 35.3. The molecule has 1 amide bonds. The predicted molar refractivity (Wildman–Crippen MR) is 155 cm³/mol. The summed E-state index contributed by atoms with van der Waals surface area (Å²) in [5.41, 5.74) is 3.18. The molecule has 2 heterocycles. The molecule has 1 aliphatic heterocycles. The van der Waals surface area contributed by atoms with Gasteiger partial charge in [0.2, 0.25) is 5.91 Å². The van der Waals surface area contributed by atoms with Gasteiger partial charge < -0.3 is 9.80 Å². The van der Waals surface area contributed by atoms with Crippen LogP contribution in [0.1, 0.15) is 91.9 Å². The van der Waals surface area contributed by atoms with Gasteiger partial charge in [0, 0.05) is 43.7 Å². The van der Waals surface area contributed by atoms with Crippen molar-refractivity contribution < 1.29 is 14.0 Å². The van der Waals surface area contributed by atoms with Crippen molar-refractivity contribution in [2.75, 3.05) is 19.6 Å². The number of aromatic nitrogens is 1. The summed E-state index contributed by atoms with van der Waals surface area (Å²) in [5, 5.41) is 0.428. The second kappa shape index (κ2) is 13.8. The van der Waals surface area contributed by atoms with E-state index in [2.05, 4.69) is 21.7 Å². The molecule has 1 aromatic heterocycles. The van der Waals surface area contributed by atoms with Crippen molar-refractivity contribution >= 4 is 23.3 Å². The Balaban J connectivity index is 1.28. The second-order valence-electron chi connectivity index (χ2n) is 11.7. The SMILES string of the molecule is Cc1cc(Cl)nc(C)c1C(=O)CCC[C@@H](C)N1CCC(N(CC2CCCC2)C(=O)Cc2ccc(F)cc2)CC1. The fourth-order valence-corrected chi connectivity index (χ4v) is 6.80. The molecular weight excluding hydrogens is 513 g/mol. The molecule has 1 aromatic carbocycles. The third-order valence-corrected chi connectivity index (χ3v) is 8.95. The highest BCUT2D eigenvalue weighted by Crippen LogP contribution is 2.29. The van der Waals surface area contributed by atoms with Gasteiger partial charge in [0.05, 0.1) is 12.1 Å². The molecule has 4 rings (SSSR count). The van der Waals surface area contributed by atoms with Crippen LogP contribution in [0.4, 0.5) is 4.39 Å². The summed E-state index contributed by atoms with van der Waals surface area (Å²) >= 11 is 6.03. The first kappa shape index (κ1) is 29.7. The molecule has 0 N–H and O–H groups in total. The maximum atomic E-state index is 13.5. The number of rotatable bonds is 11. The summed E-state index contributed by atoms with van der Waals surface area (Å²) < 4.78 is 13.4. The molecule has 0 bridgehead atoms. The fraction of sp³-hybridized carbons (Fsp3) is 0.594. The van der Waals surface area contributed by atoms with E-state index in [1.54, 1.807) is 18.2 Å². The van der Waals surface area contributed by atoms with Gasteiger partial charge in [-0.1, -0.05) is 36.6 Å². The van der Waals surface area contributed by atoms with Gasteiger partial charge in [-0.15, -0.1) is 0 Å². The molecule has 212 valence electrons. The van der Waals surface area contributed by atoms with Gasteiger partial charge in [-0.3, -0.25) is 9.59 Å². The first-order valence-corrected chi connectivity index (χ1v) is 15.0. The largest absolute Gasteiger partial charge is 0.339 e. The maximum absolute atomic E-state index is 13.5. The van der Waals surface area contributed by atoms with E-state index in [1.165, 1.54) is 37.8 Å². The van der Waals surface area contributed by atoms with E-state index in [1.807, 2.05) is 13.8 Å². The van der Waals surface area contributed by atoms with E-state index in [9.17, 15) is 14.0 Å². The Kier molecular flexibility index (Phi) is 10.5.